The van der Waals surface area contributed by atoms with Crippen molar-refractivity contribution in [1.82, 2.24) is 10.2 Å². The van der Waals surface area contributed by atoms with Gasteiger partial charge < -0.3 is 15.0 Å². The Morgan fingerprint density at radius 3 is 2.62 bits per heavy atom. The molecule has 1 aliphatic rings. The number of piperazine rings is 1. The molecule has 9 nitrogen and oxygen atoms in total. The number of benzene rings is 1. The first-order chi connectivity index (χ1) is 11.4. The second kappa shape index (κ2) is 7.53. The minimum absolute atomic E-state index is 0.0110. The van der Waals surface area contributed by atoms with Crippen LogP contribution in [0.25, 0.3) is 0 Å². The molecule has 0 radical (unpaired) electrons. The number of amides is 2. The monoisotopic (exact) mass is 335 g/mol. The Bertz CT molecular complexity index is 658. The summed E-state index contributed by atoms with van der Waals surface area (Å²) in [5.41, 5.74) is 0.528. The minimum atomic E-state index is -0.906. The van der Waals surface area contributed by atoms with Gasteiger partial charge in [-0.3, -0.25) is 24.5 Å². The lowest BCUT2D eigenvalue weighted by atomic mass is 10.1. The van der Waals surface area contributed by atoms with Crippen LogP contribution in [0.5, 0.6) is 0 Å². The van der Waals surface area contributed by atoms with Gasteiger partial charge in [0.25, 0.3) is 5.69 Å². The van der Waals surface area contributed by atoms with Crippen molar-refractivity contribution < 1.29 is 24.0 Å². The van der Waals surface area contributed by atoms with Crippen molar-refractivity contribution in [2.24, 2.45) is 0 Å². The number of carbonyl (C=O) groups is 3. The molecule has 1 unspecified atom stereocenters. The summed E-state index contributed by atoms with van der Waals surface area (Å²) in [5, 5.41) is 13.2. The summed E-state index contributed by atoms with van der Waals surface area (Å²) in [6, 6.07) is 4.72. The van der Waals surface area contributed by atoms with E-state index in [1.807, 2.05) is 0 Å². The smallest absolute Gasteiger partial charge is 0.308 e. The number of hydrogen-bond donors (Lipinski definition) is 1. The van der Waals surface area contributed by atoms with Gasteiger partial charge in [-0.2, -0.15) is 0 Å². The number of esters is 1. The number of nitrogens with one attached hydrogen (secondary N) is 1. The number of hydrogen-bond acceptors (Lipinski definition) is 6. The average Bonchev–Trinajstić information content (AvgIpc) is 2.56. The van der Waals surface area contributed by atoms with Crippen molar-refractivity contribution in [3.63, 3.8) is 0 Å². The molecule has 2 amide bonds. The summed E-state index contributed by atoms with van der Waals surface area (Å²) in [6.07, 6.45) is -0.225. The highest BCUT2D eigenvalue weighted by molar-refractivity contribution is 5.92. The third kappa shape index (κ3) is 4.06. The van der Waals surface area contributed by atoms with Gasteiger partial charge in [0.05, 0.1) is 24.9 Å². The van der Waals surface area contributed by atoms with Crippen LogP contribution in [-0.2, 0) is 25.5 Å². The number of nitrogens with zero attached hydrogens (tertiary/aromatic N) is 2. The highest BCUT2D eigenvalue weighted by atomic mass is 16.6. The van der Waals surface area contributed by atoms with Gasteiger partial charge in [0, 0.05) is 25.2 Å². The second-order valence-electron chi connectivity index (χ2n) is 5.27. The fourth-order valence-corrected chi connectivity index (χ4v) is 2.47. The Kier molecular flexibility index (Phi) is 5.46. The van der Waals surface area contributed by atoms with E-state index in [1.54, 1.807) is 0 Å². The highest BCUT2D eigenvalue weighted by Gasteiger charge is 2.34. The first-order valence-electron chi connectivity index (χ1n) is 7.29. The molecule has 1 fully saturated rings. The maximum atomic E-state index is 12.5. The van der Waals surface area contributed by atoms with Crippen LogP contribution in [0.3, 0.4) is 0 Å². The van der Waals surface area contributed by atoms with Crippen LogP contribution in [-0.4, -0.2) is 53.8 Å². The zero-order valence-corrected chi connectivity index (χ0v) is 13.1. The summed E-state index contributed by atoms with van der Waals surface area (Å²) < 4.78 is 4.56. The van der Waals surface area contributed by atoms with Crippen molar-refractivity contribution in [2.45, 2.75) is 18.9 Å². The summed E-state index contributed by atoms with van der Waals surface area (Å²) in [5.74, 6) is -1.30. The predicted octanol–water partition coefficient (Wildman–Crippen LogP) is 0.0274. The summed E-state index contributed by atoms with van der Waals surface area (Å²) in [6.45, 7) is 0.599. The molecule has 1 aromatic rings. The minimum Gasteiger partial charge on any atom is -0.469 e. The van der Waals surface area contributed by atoms with Crippen molar-refractivity contribution >= 4 is 23.5 Å². The van der Waals surface area contributed by atoms with Crippen molar-refractivity contribution in [2.75, 3.05) is 20.2 Å². The molecule has 128 valence electrons. The molecule has 1 atom stereocenters. The van der Waals surface area contributed by atoms with Crippen LogP contribution in [0.15, 0.2) is 24.3 Å². The third-order valence-electron chi connectivity index (χ3n) is 3.74. The van der Waals surface area contributed by atoms with E-state index in [1.165, 1.54) is 36.3 Å². The highest BCUT2D eigenvalue weighted by Crippen LogP contribution is 2.15. The van der Waals surface area contributed by atoms with Crippen LogP contribution in [0.2, 0.25) is 0 Å². The first kappa shape index (κ1) is 17.4. The SMILES string of the molecule is COC(=O)CC1C(=O)NCCN1C(=O)Cc1ccc([N+](=O)[O-])cc1. The fourth-order valence-electron chi connectivity index (χ4n) is 2.47. The Morgan fingerprint density at radius 2 is 2.04 bits per heavy atom. The quantitative estimate of drug-likeness (QED) is 0.460. The second-order valence-corrected chi connectivity index (χ2v) is 5.27. The van der Waals surface area contributed by atoms with Gasteiger partial charge in [-0.25, -0.2) is 0 Å². The summed E-state index contributed by atoms with van der Waals surface area (Å²) in [7, 11) is 1.21. The predicted molar refractivity (Wildman–Crippen MR) is 81.9 cm³/mol. The van der Waals surface area contributed by atoms with E-state index in [9.17, 15) is 24.5 Å². The maximum Gasteiger partial charge on any atom is 0.308 e. The van der Waals surface area contributed by atoms with Crippen LogP contribution in [0.4, 0.5) is 5.69 Å². The molecule has 0 saturated carbocycles. The fraction of sp³-hybridized carbons (Fsp3) is 0.400. The molecule has 1 saturated heterocycles. The van der Waals surface area contributed by atoms with Gasteiger partial charge in [-0.05, 0) is 5.56 Å². The Labute approximate surface area is 137 Å². The van der Waals surface area contributed by atoms with Gasteiger partial charge in [0.15, 0.2) is 0 Å². The van der Waals surface area contributed by atoms with Gasteiger partial charge in [0.2, 0.25) is 11.8 Å². The maximum absolute atomic E-state index is 12.5. The molecular formula is C15H17N3O6. The molecule has 1 N–H and O–H groups in total. The van der Waals surface area contributed by atoms with Crippen LogP contribution in [0, 0.1) is 10.1 Å². The molecule has 0 aromatic heterocycles. The number of nitro groups is 1. The van der Waals surface area contributed by atoms with E-state index < -0.39 is 22.8 Å². The molecule has 2 rings (SSSR count). The Hall–Kier alpha value is -2.97. The molecule has 9 heteroatoms. The first-order valence-corrected chi connectivity index (χ1v) is 7.29. The largest absolute Gasteiger partial charge is 0.469 e. The molecule has 0 aliphatic carbocycles. The van der Waals surface area contributed by atoms with Crippen molar-refractivity contribution in [1.29, 1.82) is 0 Å². The molecular weight excluding hydrogens is 318 g/mol. The number of carbonyl (C=O) groups excluding carboxylic acids is 3. The van der Waals surface area contributed by atoms with E-state index >= 15 is 0 Å². The molecule has 1 aromatic carbocycles. The van der Waals surface area contributed by atoms with Crippen molar-refractivity contribution in [3.8, 4) is 0 Å². The summed E-state index contributed by atoms with van der Waals surface area (Å²) in [4.78, 5) is 47.3. The van der Waals surface area contributed by atoms with Gasteiger partial charge in [0.1, 0.15) is 6.04 Å². The summed E-state index contributed by atoms with van der Waals surface area (Å²) >= 11 is 0. The molecule has 1 heterocycles. The number of methoxy groups -OCH3 is 1. The van der Waals surface area contributed by atoms with E-state index in [0.717, 1.165) is 0 Å². The topological polar surface area (TPSA) is 119 Å². The zero-order valence-electron chi connectivity index (χ0n) is 13.1. The van der Waals surface area contributed by atoms with Gasteiger partial charge in [-0.1, -0.05) is 12.1 Å². The van der Waals surface area contributed by atoms with E-state index in [0.29, 0.717) is 18.7 Å². The van der Waals surface area contributed by atoms with E-state index in [4.69, 9.17) is 0 Å². The van der Waals surface area contributed by atoms with Crippen LogP contribution >= 0.6 is 0 Å². The average molecular weight is 335 g/mol. The number of rotatable bonds is 5. The standard InChI is InChI=1S/C15H17N3O6/c1-24-14(20)9-12-15(21)16-6-7-17(12)13(19)8-10-2-4-11(5-3-10)18(22)23/h2-5,12H,6-9H2,1H3,(H,16,21). The van der Waals surface area contributed by atoms with E-state index in [2.05, 4.69) is 10.1 Å². The molecule has 1 aliphatic heterocycles. The van der Waals surface area contributed by atoms with Crippen LogP contribution < -0.4 is 5.32 Å². The Balaban J connectivity index is 2.09. The van der Waals surface area contributed by atoms with Gasteiger partial charge in [-0.15, -0.1) is 0 Å². The number of non-ortho nitro benzene ring substituents is 1. The van der Waals surface area contributed by atoms with Gasteiger partial charge >= 0.3 is 5.97 Å². The van der Waals surface area contributed by atoms with Crippen molar-refractivity contribution in [3.05, 3.63) is 39.9 Å². The normalized spacial score (nSPS) is 17.1. The lowest BCUT2D eigenvalue weighted by Crippen LogP contribution is -2.58. The lowest BCUT2D eigenvalue weighted by molar-refractivity contribution is -0.384. The third-order valence-corrected chi connectivity index (χ3v) is 3.74. The number of nitro benzene ring substituents is 1. The van der Waals surface area contributed by atoms with Crippen LogP contribution in [0.1, 0.15) is 12.0 Å². The lowest BCUT2D eigenvalue weighted by Gasteiger charge is -2.34. The molecule has 24 heavy (non-hydrogen) atoms. The number of ether oxygens (including phenoxy) is 1. The zero-order chi connectivity index (χ0) is 17.7. The van der Waals surface area contributed by atoms with E-state index in [-0.39, 0.29) is 24.4 Å². The molecule has 0 bridgehead atoms. The molecule has 0 spiro atoms. The Morgan fingerprint density at radius 1 is 1.38 bits per heavy atom.